The van der Waals surface area contributed by atoms with Crippen LogP contribution in [0.1, 0.15) is 16.7 Å². The van der Waals surface area contributed by atoms with Crippen LogP contribution < -0.4 is 10.3 Å². The number of nitrogens with zero attached hydrogens (tertiary/aromatic N) is 2. The van der Waals surface area contributed by atoms with Gasteiger partial charge in [-0.3, -0.25) is 9.36 Å². The van der Waals surface area contributed by atoms with Gasteiger partial charge in [0.2, 0.25) is 0 Å². The van der Waals surface area contributed by atoms with Gasteiger partial charge < -0.3 is 9.84 Å². The van der Waals surface area contributed by atoms with Crippen LogP contribution in [0.3, 0.4) is 0 Å². The Balaban J connectivity index is 2.43. The summed E-state index contributed by atoms with van der Waals surface area (Å²) in [7, 11) is 1.57. The van der Waals surface area contributed by atoms with E-state index in [9.17, 15) is 9.90 Å². The lowest BCUT2D eigenvalue weighted by atomic mass is 10.1. The summed E-state index contributed by atoms with van der Waals surface area (Å²) < 4.78 is 6.23. The molecule has 0 fully saturated rings. The predicted molar refractivity (Wildman–Crippen MR) is 73.9 cm³/mol. The highest BCUT2D eigenvalue weighted by molar-refractivity contribution is 5.38. The van der Waals surface area contributed by atoms with Crippen LogP contribution >= 0.6 is 0 Å². The summed E-state index contributed by atoms with van der Waals surface area (Å²) in [4.78, 5) is 12.1. The Morgan fingerprint density at radius 2 is 2.00 bits per heavy atom. The van der Waals surface area contributed by atoms with Crippen LogP contribution in [0, 0.1) is 18.3 Å². The van der Waals surface area contributed by atoms with Gasteiger partial charge in [0, 0.05) is 6.07 Å². The van der Waals surface area contributed by atoms with Crippen molar-refractivity contribution in [3.63, 3.8) is 0 Å². The average Bonchev–Trinajstić information content (AvgIpc) is 2.44. The lowest BCUT2D eigenvalue weighted by molar-refractivity contribution is 0.411. The van der Waals surface area contributed by atoms with Crippen molar-refractivity contribution in [2.45, 2.75) is 13.5 Å². The highest BCUT2D eigenvalue weighted by Gasteiger charge is 2.11. The Morgan fingerprint density at radius 3 is 2.55 bits per heavy atom. The number of aromatic nitrogens is 1. The van der Waals surface area contributed by atoms with Crippen molar-refractivity contribution < 1.29 is 9.84 Å². The fourth-order valence-corrected chi connectivity index (χ4v) is 1.95. The Morgan fingerprint density at radius 1 is 1.35 bits per heavy atom. The Bertz CT molecular complexity index is 725. The molecular formula is C15H14N2O3. The van der Waals surface area contributed by atoms with Crippen LogP contribution in [0.15, 0.2) is 35.1 Å². The van der Waals surface area contributed by atoms with E-state index in [2.05, 4.69) is 0 Å². The predicted octanol–water partition coefficient (Wildman–Crippen LogP) is 1.79. The molecule has 20 heavy (non-hydrogen) atoms. The van der Waals surface area contributed by atoms with Gasteiger partial charge in [0.05, 0.1) is 13.7 Å². The molecule has 102 valence electrons. The van der Waals surface area contributed by atoms with E-state index in [1.165, 1.54) is 10.6 Å². The van der Waals surface area contributed by atoms with Crippen LogP contribution in [-0.4, -0.2) is 16.8 Å². The molecule has 0 aliphatic carbocycles. The Kier molecular flexibility index (Phi) is 3.76. The fourth-order valence-electron chi connectivity index (χ4n) is 1.95. The molecule has 2 rings (SSSR count). The molecule has 1 heterocycles. The molecule has 0 aliphatic heterocycles. The van der Waals surface area contributed by atoms with Gasteiger partial charge in [-0.2, -0.15) is 5.26 Å². The van der Waals surface area contributed by atoms with Gasteiger partial charge in [-0.05, 0) is 30.2 Å². The van der Waals surface area contributed by atoms with Crippen molar-refractivity contribution >= 4 is 0 Å². The molecule has 1 N–H and O–H groups in total. The lowest BCUT2D eigenvalue weighted by Gasteiger charge is -2.11. The smallest absolute Gasteiger partial charge is 0.271 e. The van der Waals surface area contributed by atoms with E-state index < -0.39 is 5.56 Å². The number of aromatic hydroxyl groups is 1. The molecule has 5 heteroatoms. The molecule has 1 aromatic heterocycles. The average molecular weight is 270 g/mol. The highest BCUT2D eigenvalue weighted by atomic mass is 16.5. The first-order chi connectivity index (χ1) is 9.56. The molecule has 0 atom stereocenters. The number of methoxy groups -OCH3 is 1. The van der Waals surface area contributed by atoms with E-state index in [4.69, 9.17) is 10.00 Å². The zero-order valence-corrected chi connectivity index (χ0v) is 11.3. The number of hydrogen-bond donors (Lipinski definition) is 1. The van der Waals surface area contributed by atoms with Crippen LogP contribution in [0.5, 0.6) is 11.6 Å². The van der Waals surface area contributed by atoms with Crippen LogP contribution in [0.25, 0.3) is 0 Å². The third-order valence-corrected chi connectivity index (χ3v) is 3.09. The number of benzene rings is 1. The van der Waals surface area contributed by atoms with Crippen molar-refractivity contribution in [1.29, 1.82) is 5.26 Å². The summed E-state index contributed by atoms with van der Waals surface area (Å²) in [6, 6.07) is 10.4. The standard InChI is InChI=1S/C15H14N2O3/c1-10-7-14(18)17(15(19)13(10)8-16)9-11-3-5-12(20-2)6-4-11/h3-7,18H,9H2,1-2H3. The normalized spacial score (nSPS) is 10.1. The third kappa shape index (κ3) is 2.50. The molecule has 0 amide bonds. The molecule has 0 radical (unpaired) electrons. The van der Waals surface area contributed by atoms with Crippen molar-refractivity contribution in [1.82, 2.24) is 4.57 Å². The third-order valence-electron chi connectivity index (χ3n) is 3.09. The second-order valence-corrected chi connectivity index (χ2v) is 4.41. The van der Waals surface area contributed by atoms with Crippen molar-refractivity contribution in [2.75, 3.05) is 7.11 Å². The molecule has 0 aliphatic rings. The maximum Gasteiger partial charge on any atom is 0.271 e. The first-order valence-electron chi connectivity index (χ1n) is 6.03. The summed E-state index contributed by atoms with van der Waals surface area (Å²) >= 11 is 0. The summed E-state index contributed by atoms with van der Waals surface area (Å²) in [5.41, 5.74) is 0.869. The Hall–Kier alpha value is -2.74. The molecule has 0 spiro atoms. The minimum atomic E-state index is -0.485. The fraction of sp³-hybridized carbons (Fsp3) is 0.200. The van der Waals surface area contributed by atoms with Gasteiger partial charge in [0.25, 0.3) is 5.56 Å². The van der Waals surface area contributed by atoms with E-state index in [1.54, 1.807) is 38.3 Å². The van der Waals surface area contributed by atoms with E-state index >= 15 is 0 Å². The molecule has 5 nitrogen and oxygen atoms in total. The van der Waals surface area contributed by atoms with E-state index in [1.807, 2.05) is 6.07 Å². The van der Waals surface area contributed by atoms with Gasteiger partial charge >= 0.3 is 0 Å². The molecule has 1 aromatic carbocycles. The van der Waals surface area contributed by atoms with Crippen LogP contribution in [-0.2, 0) is 6.54 Å². The minimum Gasteiger partial charge on any atom is -0.497 e. The maximum absolute atomic E-state index is 12.1. The largest absolute Gasteiger partial charge is 0.497 e. The first-order valence-corrected chi connectivity index (χ1v) is 6.03. The van der Waals surface area contributed by atoms with Gasteiger partial charge in [0.1, 0.15) is 17.4 Å². The van der Waals surface area contributed by atoms with E-state index in [0.29, 0.717) is 11.3 Å². The van der Waals surface area contributed by atoms with Crippen LogP contribution in [0.2, 0.25) is 0 Å². The lowest BCUT2D eigenvalue weighted by Crippen LogP contribution is -2.24. The summed E-state index contributed by atoms with van der Waals surface area (Å²) in [6.07, 6.45) is 0. The topological polar surface area (TPSA) is 75.2 Å². The summed E-state index contributed by atoms with van der Waals surface area (Å²) in [5.74, 6) is 0.564. The van der Waals surface area contributed by atoms with Gasteiger partial charge in [0.15, 0.2) is 5.88 Å². The molecule has 0 saturated carbocycles. The van der Waals surface area contributed by atoms with Gasteiger partial charge in [-0.1, -0.05) is 12.1 Å². The number of ether oxygens (including phenoxy) is 1. The maximum atomic E-state index is 12.1. The van der Waals surface area contributed by atoms with Crippen LogP contribution in [0.4, 0.5) is 0 Å². The number of rotatable bonds is 3. The van der Waals surface area contributed by atoms with Crippen molar-refractivity contribution in [3.05, 3.63) is 57.4 Å². The quantitative estimate of drug-likeness (QED) is 0.922. The van der Waals surface area contributed by atoms with E-state index in [0.717, 1.165) is 5.56 Å². The molecule has 2 aromatic rings. The van der Waals surface area contributed by atoms with Gasteiger partial charge in [-0.25, -0.2) is 0 Å². The second kappa shape index (κ2) is 5.49. The number of hydrogen-bond acceptors (Lipinski definition) is 4. The SMILES string of the molecule is COc1ccc(Cn2c(O)cc(C)c(C#N)c2=O)cc1. The zero-order valence-electron chi connectivity index (χ0n) is 11.3. The second-order valence-electron chi connectivity index (χ2n) is 4.41. The van der Waals surface area contributed by atoms with Crippen molar-refractivity contribution in [3.8, 4) is 17.7 Å². The molecule has 0 saturated heterocycles. The molecular weight excluding hydrogens is 256 g/mol. The monoisotopic (exact) mass is 270 g/mol. The van der Waals surface area contributed by atoms with Crippen molar-refractivity contribution in [2.24, 2.45) is 0 Å². The number of aryl methyl sites for hydroxylation is 1. The summed E-state index contributed by atoms with van der Waals surface area (Å²) in [5, 5.41) is 18.9. The summed E-state index contributed by atoms with van der Waals surface area (Å²) in [6.45, 7) is 1.82. The Labute approximate surface area is 116 Å². The zero-order chi connectivity index (χ0) is 14.7. The molecule has 0 bridgehead atoms. The van der Waals surface area contributed by atoms with E-state index in [-0.39, 0.29) is 18.0 Å². The number of pyridine rings is 1. The highest BCUT2D eigenvalue weighted by Crippen LogP contribution is 2.16. The first kappa shape index (κ1) is 13.7. The van der Waals surface area contributed by atoms with Gasteiger partial charge in [-0.15, -0.1) is 0 Å². The molecule has 0 unspecified atom stereocenters. The minimum absolute atomic E-state index is 0.0521. The number of nitriles is 1.